The van der Waals surface area contributed by atoms with Gasteiger partial charge in [0.25, 0.3) is 5.56 Å². The van der Waals surface area contributed by atoms with E-state index in [4.69, 9.17) is 0 Å². The molecule has 3 rings (SSSR count). The first-order valence-electron chi connectivity index (χ1n) is 7.67. The topological polar surface area (TPSA) is 62.2 Å². The highest BCUT2D eigenvalue weighted by Gasteiger charge is 2.36. The van der Waals surface area contributed by atoms with Crippen LogP contribution >= 0.6 is 0 Å². The molecule has 0 aliphatic carbocycles. The van der Waals surface area contributed by atoms with E-state index in [0.29, 0.717) is 30.4 Å². The van der Waals surface area contributed by atoms with Gasteiger partial charge < -0.3 is 10.3 Å². The van der Waals surface area contributed by atoms with Gasteiger partial charge in [0.1, 0.15) is 5.69 Å². The molecule has 2 heterocycles. The van der Waals surface area contributed by atoms with Gasteiger partial charge in [0.05, 0.1) is 11.0 Å². The van der Waals surface area contributed by atoms with Crippen LogP contribution in [-0.4, -0.2) is 28.0 Å². The molecule has 8 heteroatoms. The predicted molar refractivity (Wildman–Crippen MR) is 85.2 cm³/mol. The maximum absolute atomic E-state index is 13.4. The van der Waals surface area contributed by atoms with Gasteiger partial charge in [-0.1, -0.05) is 12.1 Å². The minimum Gasteiger partial charge on any atom is -0.321 e. The fraction of sp³-hybridized carbons (Fsp3) is 0.375. The number of fused-ring (bicyclic) bond motifs is 3. The molecule has 1 aromatic carbocycles. The number of alkyl halides is 3. The molecule has 0 unspecified atom stereocenters. The zero-order chi connectivity index (χ0) is 17.3. The lowest BCUT2D eigenvalue weighted by Crippen LogP contribution is -2.26. The number of nitrogens with zero attached hydrogens (tertiary/aromatic N) is 2. The minimum absolute atomic E-state index is 0.0638. The fourth-order valence-electron chi connectivity index (χ4n) is 2.82. The number of hydrogen-bond donors (Lipinski definition) is 2. The Labute approximate surface area is 135 Å². The van der Waals surface area contributed by atoms with Crippen molar-refractivity contribution in [3.63, 3.8) is 0 Å². The van der Waals surface area contributed by atoms with Gasteiger partial charge in [0, 0.05) is 5.56 Å². The number of unbranched alkanes of at least 4 members (excludes halogenated alkanes) is 1. The summed E-state index contributed by atoms with van der Waals surface area (Å²) in [7, 11) is 1.78. The van der Waals surface area contributed by atoms with Crippen molar-refractivity contribution in [2.75, 3.05) is 13.6 Å². The number of aromatic amines is 1. The van der Waals surface area contributed by atoms with Gasteiger partial charge in [-0.2, -0.15) is 13.2 Å². The molecule has 0 aliphatic heterocycles. The van der Waals surface area contributed by atoms with Gasteiger partial charge >= 0.3 is 6.18 Å². The number of halogens is 3. The van der Waals surface area contributed by atoms with Crippen LogP contribution in [0.3, 0.4) is 0 Å². The summed E-state index contributed by atoms with van der Waals surface area (Å²) in [5.74, 6) is -0.0903. The lowest BCUT2D eigenvalue weighted by atomic mass is 10.1. The summed E-state index contributed by atoms with van der Waals surface area (Å²) in [4.78, 5) is 19.1. The SMILES string of the molecule is CNCCCCc1c(C(F)(F)F)[nH]c2nc3ccccc3n2c1=O. The molecule has 0 saturated heterocycles. The third-order valence-corrected chi connectivity index (χ3v) is 3.95. The Hall–Kier alpha value is -2.35. The third kappa shape index (κ3) is 2.89. The molecule has 5 nitrogen and oxygen atoms in total. The molecule has 0 fully saturated rings. The number of aromatic nitrogens is 3. The average Bonchev–Trinajstić information content (AvgIpc) is 2.90. The maximum Gasteiger partial charge on any atom is 0.431 e. The number of hydrogen-bond acceptors (Lipinski definition) is 3. The van der Waals surface area contributed by atoms with Crippen molar-refractivity contribution in [2.24, 2.45) is 0 Å². The number of H-pyrrole nitrogens is 1. The Bertz CT molecular complexity index is 927. The smallest absolute Gasteiger partial charge is 0.321 e. The maximum atomic E-state index is 13.4. The van der Waals surface area contributed by atoms with E-state index in [9.17, 15) is 18.0 Å². The normalized spacial score (nSPS) is 12.3. The van der Waals surface area contributed by atoms with Gasteiger partial charge in [-0.15, -0.1) is 0 Å². The van der Waals surface area contributed by atoms with Gasteiger partial charge in [0.15, 0.2) is 0 Å². The van der Waals surface area contributed by atoms with Crippen molar-refractivity contribution in [3.05, 3.63) is 45.9 Å². The van der Waals surface area contributed by atoms with Crippen LogP contribution in [0, 0.1) is 0 Å². The first kappa shape index (κ1) is 16.5. The number of nitrogens with one attached hydrogen (secondary N) is 2. The van der Waals surface area contributed by atoms with E-state index < -0.39 is 17.4 Å². The number of imidazole rings is 1. The average molecular weight is 338 g/mol. The Balaban J connectivity index is 2.20. The van der Waals surface area contributed by atoms with E-state index >= 15 is 0 Å². The molecule has 2 N–H and O–H groups in total. The fourth-order valence-corrected chi connectivity index (χ4v) is 2.82. The highest BCUT2D eigenvalue weighted by molar-refractivity contribution is 5.79. The summed E-state index contributed by atoms with van der Waals surface area (Å²) in [5.41, 5.74) is -0.923. The molecule has 0 radical (unpaired) electrons. The Morgan fingerprint density at radius 1 is 1.25 bits per heavy atom. The summed E-state index contributed by atoms with van der Waals surface area (Å²) in [6, 6.07) is 6.78. The van der Waals surface area contributed by atoms with Crippen LogP contribution in [0.2, 0.25) is 0 Å². The van der Waals surface area contributed by atoms with E-state index in [1.807, 2.05) is 0 Å². The molecule has 24 heavy (non-hydrogen) atoms. The summed E-state index contributed by atoms with van der Waals surface area (Å²) in [6.45, 7) is 0.690. The second-order valence-electron chi connectivity index (χ2n) is 5.60. The summed E-state index contributed by atoms with van der Waals surface area (Å²) < 4.78 is 41.3. The molecule has 0 spiro atoms. The minimum atomic E-state index is -4.63. The molecular formula is C16H17F3N4O. The van der Waals surface area contributed by atoms with E-state index in [2.05, 4.69) is 15.3 Å². The largest absolute Gasteiger partial charge is 0.431 e. The van der Waals surface area contributed by atoms with Crippen molar-refractivity contribution >= 4 is 16.8 Å². The van der Waals surface area contributed by atoms with Gasteiger partial charge in [-0.3, -0.25) is 4.79 Å². The van der Waals surface area contributed by atoms with E-state index in [-0.39, 0.29) is 17.8 Å². The van der Waals surface area contributed by atoms with Gasteiger partial charge in [-0.25, -0.2) is 9.38 Å². The quantitative estimate of drug-likeness (QED) is 0.703. The second kappa shape index (κ2) is 6.27. The van der Waals surface area contributed by atoms with Gasteiger partial charge in [-0.05, 0) is 45.0 Å². The molecular weight excluding hydrogens is 321 g/mol. The summed E-state index contributed by atoms with van der Waals surface area (Å²) >= 11 is 0. The lowest BCUT2D eigenvalue weighted by molar-refractivity contribution is -0.141. The first-order valence-corrected chi connectivity index (χ1v) is 7.67. The highest BCUT2D eigenvalue weighted by Crippen LogP contribution is 2.30. The standard InChI is InChI=1S/C16H17F3N4O/c1-20-9-5-4-6-10-13(16(17,18)19)22-15-21-11-7-2-3-8-12(11)23(15)14(10)24/h2-3,7-8,20H,4-6,9H2,1H3,(H,21,22). The number of rotatable bonds is 5. The number of benzene rings is 1. The summed E-state index contributed by atoms with van der Waals surface area (Å²) in [5, 5.41) is 2.94. The van der Waals surface area contributed by atoms with Gasteiger partial charge in [0.2, 0.25) is 5.78 Å². The van der Waals surface area contributed by atoms with Crippen LogP contribution in [0.4, 0.5) is 13.2 Å². The molecule has 3 aromatic rings. The van der Waals surface area contributed by atoms with Crippen molar-refractivity contribution in [3.8, 4) is 0 Å². The molecule has 128 valence electrons. The summed E-state index contributed by atoms with van der Waals surface area (Å²) in [6.07, 6.45) is -3.38. The van der Waals surface area contributed by atoms with Crippen molar-refractivity contribution in [1.82, 2.24) is 19.7 Å². The van der Waals surface area contributed by atoms with E-state index in [0.717, 1.165) is 0 Å². The Morgan fingerprint density at radius 2 is 2.00 bits per heavy atom. The van der Waals surface area contributed by atoms with Crippen molar-refractivity contribution in [1.29, 1.82) is 0 Å². The third-order valence-electron chi connectivity index (χ3n) is 3.95. The first-order chi connectivity index (χ1) is 11.4. The molecule has 0 aliphatic rings. The molecule has 2 aromatic heterocycles. The van der Waals surface area contributed by atoms with E-state index in [1.165, 1.54) is 4.40 Å². The zero-order valence-electron chi connectivity index (χ0n) is 13.1. The monoisotopic (exact) mass is 338 g/mol. The number of para-hydroxylation sites is 2. The Morgan fingerprint density at radius 3 is 2.71 bits per heavy atom. The zero-order valence-corrected chi connectivity index (χ0v) is 13.1. The van der Waals surface area contributed by atoms with Crippen LogP contribution in [0.25, 0.3) is 16.8 Å². The van der Waals surface area contributed by atoms with Crippen LogP contribution in [0.1, 0.15) is 24.1 Å². The second-order valence-corrected chi connectivity index (χ2v) is 5.60. The van der Waals surface area contributed by atoms with Crippen LogP contribution in [0.15, 0.2) is 29.1 Å². The molecule has 0 saturated carbocycles. The van der Waals surface area contributed by atoms with Crippen molar-refractivity contribution < 1.29 is 13.2 Å². The van der Waals surface area contributed by atoms with Crippen LogP contribution < -0.4 is 10.9 Å². The van der Waals surface area contributed by atoms with Crippen molar-refractivity contribution in [2.45, 2.75) is 25.4 Å². The van der Waals surface area contributed by atoms with Crippen LogP contribution in [0.5, 0.6) is 0 Å². The Kier molecular flexibility index (Phi) is 4.31. The highest BCUT2D eigenvalue weighted by atomic mass is 19.4. The van der Waals surface area contributed by atoms with E-state index in [1.54, 1.807) is 31.3 Å². The van der Waals surface area contributed by atoms with Crippen LogP contribution in [-0.2, 0) is 12.6 Å². The molecule has 0 atom stereocenters. The molecule has 0 amide bonds. The lowest BCUT2D eigenvalue weighted by Gasteiger charge is -2.13. The predicted octanol–water partition coefficient (Wildman–Crippen LogP) is 2.74. The molecule has 0 bridgehead atoms.